The molecule has 0 atom stereocenters. The highest BCUT2D eigenvalue weighted by Gasteiger charge is 2.13. The van der Waals surface area contributed by atoms with Gasteiger partial charge in [0.2, 0.25) is 0 Å². The van der Waals surface area contributed by atoms with E-state index in [2.05, 4.69) is 23.6 Å². The van der Waals surface area contributed by atoms with Crippen LogP contribution in [-0.4, -0.2) is 49.1 Å². The Morgan fingerprint density at radius 2 is 1.12 bits per heavy atom. The van der Waals surface area contributed by atoms with Crippen molar-refractivity contribution in [2.24, 2.45) is 0 Å². The number of nitrogens with zero attached hydrogens (tertiary/aromatic N) is 2. The summed E-state index contributed by atoms with van der Waals surface area (Å²) in [5.41, 5.74) is 0. The van der Waals surface area contributed by atoms with Crippen molar-refractivity contribution in [3.63, 3.8) is 0 Å². The minimum atomic E-state index is 1.30. The highest BCUT2D eigenvalue weighted by atomic mass is 15.2. The van der Waals surface area contributed by atoms with Gasteiger partial charge in [0.25, 0.3) is 0 Å². The Morgan fingerprint density at radius 3 is 1.53 bits per heavy atom. The maximum atomic E-state index is 2.68. The van der Waals surface area contributed by atoms with Gasteiger partial charge in [-0.1, -0.05) is 39.5 Å². The van der Waals surface area contributed by atoms with Crippen LogP contribution in [0.4, 0.5) is 0 Å². The van der Waals surface area contributed by atoms with Crippen LogP contribution in [-0.2, 0) is 0 Å². The molecule has 0 radical (unpaired) electrons. The second-order valence-electron chi connectivity index (χ2n) is 5.45. The lowest BCUT2D eigenvalue weighted by atomic mass is 10.2. The van der Waals surface area contributed by atoms with Crippen LogP contribution in [0, 0.1) is 0 Å². The van der Waals surface area contributed by atoms with Gasteiger partial charge in [-0.2, -0.15) is 0 Å². The summed E-state index contributed by atoms with van der Waals surface area (Å²) in [5, 5.41) is 0. The lowest BCUT2D eigenvalue weighted by Gasteiger charge is -2.21. The summed E-state index contributed by atoms with van der Waals surface area (Å²) in [5.74, 6) is 0. The molecule has 2 heteroatoms. The van der Waals surface area contributed by atoms with Gasteiger partial charge in [0.1, 0.15) is 0 Å². The van der Waals surface area contributed by atoms with Gasteiger partial charge in [-0.3, -0.25) is 0 Å². The van der Waals surface area contributed by atoms with E-state index in [1.807, 2.05) is 0 Å². The number of hydrogen-bond donors (Lipinski definition) is 0. The molecule has 17 heavy (non-hydrogen) atoms. The Balaban J connectivity index is 2.11. The summed E-state index contributed by atoms with van der Waals surface area (Å²) in [4.78, 5) is 5.35. The highest BCUT2D eigenvalue weighted by molar-refractivity contribution is 4.69. The van der Waals surface area contributed by atoms with Gasteiger partial charge < -0.3 is 9.80 Å². The van der Waals surface area contributed by atoms with Gasteiger partial charge in [0.05, 0.1) is 0 Å². The Kier molecular flexibility index (Phi) is 8.72. The van der Waals surface area contributed by atoms with Crippen molar-refractivity contribution < 1.29 is 0 Å². The van der Waals surface area contributed by atoms with Gasteiger partial charge in [0, 0.05) is 13.1 Å². The summed E-state index contributed by atoms with van der Waals surface area (Å²) >= 11 is 0. The summed E-state index contributed by atoms with van der Waals surface area (Å²) < 4.78 is 0. The van der Waals surface area contributed by atoms with E-state index in [4.69, 9.17) is 0 Å². The summed E-state index contributed by atoms with van der Waals surface area (Å²) in [6.45, 7) is 12.5. The zero-order valence-corrected chi connectivity index (χ0v) is 12.1. The number of unbranched alkanes of at least 4 members (excludes halogenated alkanes) is 4. The quantitative estimate of drug-likeness (QED) is 0.600. The normalized spacial score (nSPS) is 19.4. The molecule has 1 aliphatic rings. The first-order valence-corrected chi connectivity index (χ1v) is 7.81. The smallest absolute Gasteiger partial charge is 0.0109 e. The lowest BCUT2D eigenvalue weighted by molar-refractivity contribution is 0.250. The predicted molar refractivity (Wildman–Crippen MR) is 76.5 cm³/mol. The fraction of sp³-hybridized carbons (Fsp3) is 1.00. The van der Waals surface area contributed by atoms with Crippen LogP contribution >= 0.6 is 0 Å². The summed E-state index contributed by atoms with van der Waals surface area (Å²) in [6, 6.07) is 0. The average molecular weight is 240 g/mol. The van der Waals surface area contributed by atoms with Crippen molar-refractivity contribution in [3.8, 4) is 0 Å². The molecule has 0 unspecified atom stereocenters. The Morgan fingerprint density at radius 1 is 0.647 bits per heavy atom. The van der Waals surface area contributed by atoms with Gasteiger partial charge >= 0.3 is 0 Å². The van der Waals surface area contributed by atoms with Gasteiger partial charge in [-0.25, -0.2) is 0 Å². The molecule has 1 fully saturated rings. The Bertz CT molecular complexity index is 152. The van der Waals surface area contributed by atoms with E-state index in [9.17, 15) is 0 Å². The first-order valence-electron chi connectivity index (χ1n) is 7.81. The maximum absolute atomic E-state index is 2.68. The second kappa shape index (κ2) is 9.90. The minimum absolute atomic E-state index is 1.30. The van der Waals surface area contributed by atoms with Crippen molar-refractivity contribution in [2.45, 2.75) is 58.8 Å². The van der Waals surface area contributed by atoms with E-state index < -0.39 is 0 Å². The number of rotatable bonds is 8. The first-order chi connectivity index (χ1) is 8.36. The van der Waals surface area contributed by atoms with E-state index in [1.54, 1.807) is 0 Å². The summed E-state index contributed by atoms with van der Waals surface area (Å²) in [7, 11) is 0. The van der Waals surface area contributed by atoms with E-state index >= 15 is 0 Å². The highest BCUT2D eigenvalue weighted by Crippen LogP contribution is 2.07. The molecule has 102 valence electrons. The van der Waals surface area contributed by atoms with Crippen LogP contribution < -0.4 is 0 Å². The monoisotopic (exact) mass is 240 g/mol. The molecule has 0 N–H and O–H groups in total. The first kappa shape index (κ1) is 15.0. The third kappa shape index (κ3) is 7.05. The van der Waals surface area contributed by atoms with E-state index in [-0.39, 0.29) is 0 Å². The van der Waals surface area contributed by atoms with Gasteiger partial charge in [0.15, 0.2) is 0 Å². The fourth-order valence-corrected chi connectivity index (χ4v) is 2.64. The van der Waals surface area contributed by atoms with Crippen molar-refractivity contribution in [1.29, 1.82) is 0 Å². The van der Waals surface area contributed by atoms with Crippen LogP contribution in [0.1, 0.15) is 58.8 Å². The average Bonchev–Trinajstić information content (AvgIpc) is 2.56. The van der Waals surface area contributed by atoms with Crippen LogP contribution in [0.2, 0.25) is 0 Å². The third-order valence-corrected chi connectivity index (χ3v) is 3.84. The largest absolute Gasteiger partial charge is 0.302 e. The fourth-order valence-electron chi connectivity index (χ4n) is 2.64. The predicted octanol–water partition coefficient (Wildman–Crippen LogP) is 3.37. The van der Waals surface area contributed by atoms with Crippen LogP contribution in [0.3, 0.4) is 0 Å². The maximum Gasteiger partial charge on any atom is 0.0109 e. The third-order valence-electron chi connectivity index (χ3n) is 3.84. The molecule has 0 bridgehead atoms. The van der Waals surface area contributed by atoms with Crippen molar-refractivity contribution in [1.82, 2.24) is 9.80 Å². The zero-order chi connectivity index (χ0) is 12.3. The van der Waals surface area contributed by atoms with Crippen molar-refractivity contribution in [2.75, 3.05) is 39.3 Å². The molecule has 1 heterocycles. The Hall–Kier alpha value is -0.0800. The molecule has 0 saturated carbocycles. The molecule has 0 aromatic carbocycles. The molecule has 2 nitrogen and oxygen atoms in total. The molecular weight excluding hydrogens is 208 g/mol. The van der Waals surface area contributed by atoms with E-state index in [0.29, 0.717) is 0 Å². The topological polar surface area (TPSA) is 6.48 Å². The molecule has 1 aliphatic heterocycles. The summed E-state index contributed by atoms with van der Waals surface area (Å²) in [6.07, 6.45) is 9.65. The zero-order valence-electron chi connectivity index (χ0n) is 12.1. The van der Waals surface area contributed by atoms with E-state index in [1.165, 1.54) is 84.2 Å². The molecule has 1 rings (SSSR count). The van der Waals surface area contributed by atoms with E-state index in [0.717, 1.165) is 0 Å². The van der Waals surface area contributed by atoms with Crippen LogP contribution in [0.15, 0.2) is 0 Å². The molecule has 0 aromatic rings. The van der Waals surface area contributed by atoms with Gasteiger partial charge in [-0.05, 0) is 45.4 Å². The molecule has 1 saturated heterocycles. The minimum Gasteiger partial charge on any atom is -0.302 e. The standard InChI is InChI=1S/C15H32N2/c1-3-5-7-10-16-12-9-13-17(15-14-16)11-8-6-4-2/h3-15H2,1-2H3. The van der Waals surface area contributed by atoms with Crippen molar-refractivity contribution >= 4 is 0 Å². The molecular formula is C15H32N2. The van der Waals surface area contributed by atoms with Crippen LogP contribution in [0.5, 0.6) is 0 Å². The second-order valence-corrected chi connectivity index (χ2v) is 5.45. The lowest BCUT2D eigenvalue weighted by Crippen LogP contribution is -2.31. The Labute approximate surface area is 108 Å². The van der Waals surface area contributed by atoms with Gasteiger partial charge in [-0.15, -0.1) is 0 Å². The molecule has 0 amide bonds. The molecule has 0 aliphatic carbocycles. The molecule has 0 spiro atoms. The van der Waals surface area contributed by atoms with Crippen molar-refractivity contribution in [3.05, 3.63) is 0 Å². The SMILES string of the molecule is CCCCCN1CCCN(CCCCC)CC1. The number of hydrogen-bond acceptors (Lipinski definition) is 2. The molecule has 0 aromatic heterocycles. The van der Waals surface area contributed by atoms with Crippen LogP contribution in [0.25, 0.3) is 0 Å².